The molecule has 1 aliphatic heterocycles. The maximum Gasteiger partial charge on any atom is 0.317 e. The number of ether oxygens (including phenoxy) is 1. The van der Waals surface area contributed by atoms with Gasteiger partial charge in [-0.1, -0.05) is 6.92 Å². The molecule has 0 aromatic rings. The Labute approximate surface area is 118 Å². The summed E-state index contributed by atoms with van der Waals surface area (Å²) in [5.41, 5.74) is 0. The summed E-state index contributed by atoms with van der Waals surface area (Å²) in [5.74, 6) is -2.16. The number of esters is 1. The fraction of sp³-hybridized carbons (Fsp3) is 0.769. The van der Waals surface area contributed by atoms with Gasteiger partial charge >= 0.3 is 18.0 Å². The molecule has 20 heavy (non-hydrogen) atoms. The van der Waals surface area contributed by atoms with Gasteiger partial charge in [0.2, 0.25) is 0 Å². The number of carboxylic acid groups (broad SMARTS) is 1. The van der Waals surface area contributed by atoms with E-state index in [2.05, 4.69) is 5.32 Å². The normalized spacial score (nSPS) is 19.8. The van der Waals surface area contributed by atoms with E-state index in [0.717, 1.165) is 0 Å². The second-order valence-corrected chi connectivity index (χ2v) is 5.34. The molecule has 1 fully saturated rings. The number of hydrogen-bond acceptors (Lipinski definition) is 4. The molecule has 0 bridgehead atoms. The molecule has 7 heteroatoms. The van der Waals surface area contributed by atoms with Crippen LogP contribution in [0.2, 0.25) is 0 Å². The maximum atomic E-state index is 11.8. The highest BCUT2D eigenvalue weighted by Gasteiger charge is 2.31. The highest BCUT2D eigenvalue weighted by molar-refractivity contribution is 5.78. The predicted molar refractivity (Wildman–Crippen MR) is 71.1 cm³/mol. The van der Waals surface area contributed by atoms with Gasteiger partial charge in [0.15, 0.2) is 0 Å². The van der Waals surface area contributed by atoms with Crippen molar-refractivity contribution in [3.63, 3.8) is 0 Å². The summed E-state index contributed by atoms with van der Waals surface area (Å²) >= 11 is 0. The lowest BCUT2D eigenvalue weighted by Gasteiger charge is -2.19. The number of carbonyl (C=O) groups is 3. The summed E-state index contributed by atoms with van der Waals surface area (Å²) < 4.78 is 5.04. The van der Waals surface area contributed by atoms with Crippen LogP contribution >= 0.6 is 0 Å². The van der Waals surface area contributed by atoms with E-state index < -0.39 is 17.8 Å². The minimum atomic E-state index is -0.880. The molecule has 2 amide bonds. The second-order valence-electron chi connectivity index (χ2n) is 5.34. The van der Waals surface area contributed by atoms with E-state index in [1.54, 1.807) is 20.8 Å². The topological polar surface area (TPSA) is 95.9 Å². The van der Waals surface area contributed by atoms with Crippen LogP contribution in [0.1, 0.15) is 27.2 Å². The Kier molecular flexibility index (Phi) is 5.79. The Balaban J connectivity index is 2.33. The summed E-state index contributed by atoms with van der Waals surface area (Å²) in [7, 11) is 0. The summed E-state index contributed by atoms with van der Waals surface area (Å²) in [6, 6.07) is -0.335. The van der Waals surface area contributed by atoms with Gasteiger partial charge in [0.1, 0.15) is 0 Å². The van der Waals surface area contributed by atoms with Crippen molar-refractivity contribution in [3.05, 3.63) is 0 Å². The summed E-state index contributed by atoms with van der Waals surface area (Å²) in [6.07, 6.45) is 0.281. The number of carboxylic acids is 1. The molecule has 1 rings (SSSR count). The van der Waals surface area contributed by atoms with Gasteiger partial charge in [-0.2, -0.15) is 0 Å². The smallest absolute Gasteiger partial charge is 0.317 e. The van der Waals surface area contributed by atoms with E-state index in [1.807, 2.05) is 0 Å². The third-order valence-corrected chi connectivity index (χ3v) is 3.14. The largest absolute Gasteiger partial charge is 0.481 e. The van der Waals surface area contributed by atoms with Gasteiger partial charge in [-0.3, -0.25) is 9.59 Å². The van der Waals surface area contributed by atoms with Gasteiger partial charge in [0.25, 0.3) is 0 Å². The highest BCUT2D eigenvalue weighted by Crippen LogP contribution is 2.16. The van der Waals surface area contributed by atoms with Crippen LogP contribution < -0.4 is 5.32 Å². The number of carbonyl (C=O) groups excluding carboxylic acids is 2. The first-order valence-corrected chi connectivity index (χ1v) is 6.77. The predicted octanol–water partition coefficient (Wildman–Crippen LogP) is 0.690. The number of nitrogens with one attached hydrogen (secondary N) is 1. The van der Waals surface area contributed by atoms with Gasteiger partial charge in [-0.25, -0.2) is 4.79 Å². The zero-order valence-corrected chi connectivity index (χ0v) is 12.1. The third-order valence-electron chi connectivity index (χ3n) is 3.14. The van der Waals surface area contributed by atoms with Crippen molar-refractivity contribution in [1.82, 2.24) is 10.2 Å². The Morgan fingerprint density at radius 3 is 2.50 bits per heavy atom. The molecule has 2 N–H and O–H groups in total. The first-order valence-electron chi connectivity index (χ1n) is 6.77. The molecular formula is C13H22N2O5. The van der Waals surface area contributed by atoms with Gasteiger partial charge in [0, 0.05) is 19.6 Å². The SMILES string of the molecule is CC(C)OC(=O)C(C)CNC(=O)N1CCC(C(=O)O)C1. The fourth-order valence-electron chi connectivity index (χ4n) is 1.93. The lowest BCUT2D eigenvalue weighted by atomic mass is 10.1. The van der Waals surface area contributed by atoms with Crippen molar-refractivity contribution < 1.29 is 24.2 Å². The molecule has 2 atom stereocenters. The van der Waals surface area contributed by atoms with Gasteiger partial charge in [0.05, 0.1) is 17.9 Å². The van der Waals surface area contributed by atoms with Crippen molar-refractivity contribution >= 4 is 18.0 Å². The minimum Gasteiger partial charge on any atom is -0.481 e. The lowest BCUT2D eigenvalue weighted by Crippen LogP contribution is -2.42. The Morgan fingerprint density at radius 2 is 2.00 bits per heavy atom. The highest BCUT2D eigenvalue weighted by atomic mass is 16.5. The molecule has 1 aliphatic rings. The molecular weight excluding hydrogens is 264 g/mol. The molecule has 0 saturated carbocycles. The molecule has 7 nitrogen and oxygen atoms in total. The van der Waals surface area contributed by atoms with Crippen molar-refractivity contribution in [1.29, 1.82) is 0 Å². The number of amides is 2. The van der Waals surface area contributed by atoms with Crippen LogP contribution in [0.15, 0.2) is 0 Å². The van der Waals surface area contributed by atoms with Crippen LogP contribution in [-0.2, 0) is 14.3 Å². The molecule has 1 saturated heterocycles. The maximum absolute atomic E-state index is 11.8. The fourth-order valence-corrected chi connectivity index (χ4v) is 1.93. The van der Waals surface area contributed by atoms with Crippen LogP contribution in [0.25, 0.3) is 0 Å². The van der Waals surface area contributed by atoms with Crippen molar-refractivity contribution in [2.45, 2.75) is 33.3 Å². The van der Waals surface area contributed by atoms with Gasteiger partial charge in [-0.15, -0.1) is 0 Å². The molecule has 2 unspecified atom stereocenters. The zero-order chi connectivity index (χ0) is 15.3. The van der Waals surface area contributed by atoms with Crippen LogP contribution in [0.5, 0.6) is 0 Å². The van der Waals surface area contributed by atoms with E-state index in [1.165, 1.54) is 4.90 Å². The van der Waals surface area contributed by atoms with Crippen LogP contribution in [0, 0.1) is 11.8 Å². The van der Waals surface area contributed by atoms with E-state index in [4.69, 9.17) is 9.84 Å². The molecule has 114 valence electrons. The van der Waals surface area contributed by atoms with Gasteiger partial charge < -0.3 is 20.1 Å². The van der Waals surface area contributed by atoms with E-state index in [0.29, 0.717) is 13.0 Å². The summed E-state index contributed by atoms with van der Waals surface area (Å²) in [4.78, 5) is 35.7. The van der Waals surface area contributed by atoms with Crippen molar-refractivity contribution in [3.8, 4) is 0 Å². The number of urea groups is 1. The average molecular weight is 286 g/mol. The number of nitrogens with zero attached hydrogens (tertiary/aromatic N) is 1. The van der Waals surface area contributed by atoms with Crippen LogP contribution in [0.3, 0.4) is 0 Å². The molecule has 0 spiro atoms. The molecule has 0 radical (unpaired) electrons. The Hall–Kier alpha value is -1.79. The molecule has 0 aromatic heterocycles. The van der Waals surface area contributed by atoms with E-state index >= 15 is 0 Å². The second kappa shape index (κ2) is 7.12. The third kappa shape index (κ3) is 4.71. The minimum absolute atomic E-state index is 0.179. The summed E-state index contributed by atoms with van der Waals surface area (Å²) in [6.45, 7) is 6.02. The van der Waals surface area contributed by atoms with Crippen LogP contribution in [-0.4, -0.2) is 53.7 Å². The number of hydrogen-bond donors (Lipinski definition) is 2. The first kappa shape index (κ1) is 16.3. The standard InChI is InChI=1S/C13H22N2O5/c1-8(2)20-12(18)9(3)6-14-13(19)15-5-4-10(7-15)11(16)17/h8-10H,4-7H2,1-3H3,(H,14,19)(H,16,17). The molecule has 1 heterocycles. The number of likely N-dealkylation sites (tertiary alicyclic amines) is 1. The first-order chi connectivity index (χ1) is 9.31. The zero-order valence-electron chi connectivity index (χ0n) is 12.1. The van der Waals surface area contributed by atoms with Crippen LogP contribution in [0.4, 0.5) is 4.79 Å². The average Bonchev–Trinajstić information content (AvgIpc) is 2.84. The van der Waals surface area contributed by atoms with E-state index in [-0.39, 0.29) is 31.2 Å². The van der Waals surface area contributed by atoms with Gasteiger partial charge in [-0.05, 0) is 20.3 Å². The Bertz CT molecular complexity index is 383. The van der Waals surface area contributed by atoms with E-state index in [9.17, 15) is 14.4 Å². The lowest BCUT2D eigenvalue weighted by molar-refractivity contribution is -0.151. The van der Waals surface area contributed by atoms with Crippen molar-refractivity contribution in [2.24, 2.45) is 11.8 Å². The number of rotatable bonds is 5. The molecule has 0 aromatic carbocycles. The monoisotopic (exact) mass is 286 g/mol. The quantitative estimate of drug-likeness (QED) is 0.725. The van der Waals surface area contributed by atoms with Crippen molar-refractivity contribution in [2.75, 3.05) is 19.6 Å². The molecule has 0 aliphatic carbocycles. The Morgan fingerprint density at radius 1 is 1.35 bits per heavy atom. The number of aliphatic carboxylic acids is 1. The summed E-state index contributed by atoms with van der Waals surface area (Å²) in [5, 5.41) is 11.5.